The van der Waals surface area contributed by atoms with Crippen molar-refractivity contribution in [3.8, 4) is 0 Å². The summed E-state index contributed by atoms with van der Waals surface area (Å²) in [5, 5.41) is 3.10. The molecule has 0 aromatic carbocycles. The van der Waals surface area contributed by atoms with Crippen molar-refractivity contribution < 1.29 is 14.3 Å². The van der Waals surface area contributed by atoms with Crippen LogP contribution in [0.15, 0.2) is 0 Å². The van der Waals surface area contributed by atoms with Gasteiger partial charge in [0.1, 0.15) is 0 Å². The highest BCUT2D eigenvalue weighted by Crippen LogP contribution is 2.37. The van der Waals surface area contributed by atoms with E-state index in [2.05, 4.69) is 17.1 Å². The SMILES string of the molecule is CC1CCC(C(=O)N2CCC3(CC2)CC(NC(=O)C(C)C)CO3)CC1. The lowest BCUT2D eigenvalue weighted by molar-refractivity contribution is -0.141. The van der Waals surface area contributed by atoms with Gasteiger partial charge in [0.2, 0.25) is 11.8 Å². The van der Waals surface area contributed by atoms with Crippen LogP contribution in [0.25, 0.3) is 0 Å². The Morgan fingerprint density at radius 2 is 1.76 bits per heavy atom. The average molecular weight is 351 g/mol. The second kappa shape index (κ2) is 7.65. The first-order chi connectivity index (χ1) is 11.9. The van der Waals surface area contributed by atoms with E-state index < -0.39 is 0 Å². The summed E-state index contributed by atoms with van der Waals surface area (Å²) in [5.41, 5.74) is -0.132. The standard InChI is InChI=1S/C20H34N2O3/c1-14(2)18(23)21-17-12-20(25-13-17)8-10-22(11-9-20)19(24)16-6-4-15(3)5-7-16/h14-17H,4-13H2,1-3H3,(H,21,23). The minimum Gasteiger partial charge on any atom is -0.373 e. The van der Waals surface area contributed by atoms with Crippen LogP contribution in [0.5, 0.6) is 0 Å². The number of nitrogens with one attached hydrogen (secondary N) is 1. The van der Waals surface area contributed by atoms with Crippen LogP contribution in [0, 0.1) is 17.8 Å². The molecule has 3 rings (SSSR count). The Balaban J connectivity index is 1.47. The Kier molecular flexibility index (Phi) is 5.71. The van der Waals surface area contributed by atoms with Crippen LogP contribution in [0.3, 0.4) is 0 Å². The smallest absolute Gasteiger partial charge is 0.225 e. The van der Waals surface area contributed by atoms with E-state index in [1.807, 2.05) is 13.8 Å². The number of likely N-dealkylation sites (tertiary alicyclic amines) is 1. The first kappa shape index (κ1) is 18.7. The quantitative estimate of drug-likeness (QED) is 0.851. The van der Waals surface area contributed by atoms with Crippen molar-refractivity contribution in [1.82, 2.24) is 10.2 Å². The molecule has 2 heterocycles. The lowest BCUT2D eigenvalue weighted by atomic mass is 9.81. The number of rotatable bonds is 3. The molecule has 1 unspecified atom stereocenters. The molecule has 3 fully saturated rings. The third-order valence-electron chi connectivity index (χ3n) is 6.43. The number of nitrogens with zero attached hydrogens (tertiary/aromatic N) is 1. The highest BCUT2D eigenvalue weighted by molar-refractivity contribution is 5.79. The van der Waals surface area contributed by atoms with Crippen LogP contribution in [-0.2, 0) is 14.3 Å². The summed E-state index contributed by atoms with van der Waals surface area (Å²) >= 11 is 0. The highest BCUT2D eigenvalue weighted by atomic mass is 16.5. The van der Waals surface area contributed by atoms with Crippen LogP contribution < -0.4 is 5.32 Å². The van der Waals surface area contributed by atoms with Gasteiger partial charge in [0.15, 0.2) is 0 Å². The molecule has 1 atom stereocenters. The lowest BCUT2D eigenvalue weighted by Gasteiger charge is -2.40. The molecule has 0 bridgehead atoms. The zero-order chi connectivity index (χ0) is 18.0. The molecule has 2 amide bonds. The number of carbonyl (C=O) groups is 2. The van der Waals surface area contributed by atoms with E-state index in [9.17, 15) is 9.59 Å². The van der Waals surface area contributed by atoms with E-state index in [0.29, 0.717) is 12.5 Å². The Labute approximate surface area is 151 Å². The zero-order valence-corrected chi connectivity index (χ0v) is 16.1. The summed E-state index contributed by atoms with van der Waals surface area (Å²) in [7, 11) is 0. The number of hydrogen-bond donors (Lipinski definition) is 1. The maximum absolute atomic E-state index is 12.8. The normalized spacial score (nSPS) is 32.2. The van der Waals surface area contributed by atoms with E-state index in [1.54, 1.807) is 0 Å². The van der Waals surface area contributed by atoms with Crippen molar-refractivity contribution >= 4 is 11.8 Å². The van der Waals surface area contributed by atoms with Crippen LogP contribution in [0.4, 0.5) is 0 Å². The monoisotopic (exact) mass is 350 g/mol. The minimum absolute atomic E-state index is 0.00855. The van der Waals surface area contributed by atoms with Crippen molar-refractivity contribution in [2.24, 2.45) is 17.8 Å². The number of amides is 2. The predicted octanol–water partition coefficient (Wildman–Crippen LogP) is 2.74. The highest BCUT2D eigenvalue weighted by Gasteiger charge is 2.44. The van der Waals surface area contributed by atoms with Gasteiger partial charge in [-0.2, -0.15) is 0 Å². The molecule has 3 aliphatic rings. The van der Waals surface area contributed by atoms with Gasteiger partial charge in [-0.1, -0.05) is 20.8 Å². The molecule has 1 spiro atoms. The van der Waals surface area contributed by atoms with Gasteiger partial charge in [-0.3, -0.25) is 9.59 Å². The van der Waals surface area contributed by atoms with E-state index in [0.717, 1.165) is 51.1 Å². The van der Waals surface area contributed by atoms with Crippen molar-refractivity contribution in [2.45, 2.75) is 77.4 Å². The molecule has 0 aromatic rings. The summed E-state index contributed by atoms with van der Waals surface area (Å²) < 4.78 is 6.11. The molecule has 2 saturated heterocycles. The molecule has 2 aliphatic heterocycles. The van der Waals surface area contributed by atoms with Crippen LogP contribution in [-0.4, -0.2) is 48.1 Å². The molecule has 0 aromatic heterocycles. The van der Waals surface area contributed by atoms with Gasteiger partial charge in [-0.25, -0.2) is 0 Å². The van der Waals surface area contributed by atoms with Gasteiger partial charge in [0.25, 0.3) is 0 Å². The van der Waals surface area contributed by atoms with Crippen molar-refractivity contribution in [3.05, 3.63) is 0 Å². The van der Waals surface area contributed by atoms with Crippen molar-refractivity contribution in [1.29, 1.82) is 0 Å². The third kappa shape index (κ3) is 4.36. The fourth-order valence-electron chi connectivity index (χ4n) is 4.55. The number of ether oxygens (including phenoxy) is 1. The van der Waals surface area contributed by atoms with Gasteiger partial charge < -0.3 is 15.0 Å². The van der Waals surface area contributed by atoms with E-state index >= 15 is 0 Å². The van der Waals surface area contributed by atoms with E-state index in [1.165, 1.54) is 12.8 Å². The fourth-order valence-corrected chi connectivity index (χ4v) is 4.55. The Hall–Kier alpha value is -1.10. The van der Waals surface area contributed by atoms with E-state index in [-0.39, 0.29) is 29.4 Å². The Morgan fingerprint density at radius 1 is 1.12 bits per heavy atom. The molecule has 5 heteroatoms. The topological polar surface area (TPSA) is 58.6 Å². The molecular weight excluding hydrogens is 316 g/mol. The minimum atomic E-state index is -0.132. The summed E-state index contributed by atoms with van der Waals surface area (Å²) in [6, 6.07) is 0.122. The van der Waals surface area contributed by atoms with Gasteiger partial charge in [0, 0.05) is 24.9 Å². The van der Waals surface area contributed by atoms with Crippen molar-refractivity contribution in [2.75, 3.05) is 19.7 Å². The summed E-state index contributed by atoms with van der Waals surface area (Å²) in [4.78, 5) is 26.7. The molecule has 1 aliphatic carbocycles. The van der Waals surface area contributed by atoms with Crippen LogP contribution in [0.2, 0.25) is 0 Å². The fraction of sp³-hybridized carbons (Fsp3) is 0.900. The largest absolute Gasteiger partial charge is 0.373 e. The first-order valence-electron chi connectivity index (χ1n) is 10.1. The Bertz CT molecular complexity index is 489. The van der Waals surface area contributed by atoms with Crippen LogP contribution in [0.1, 0.15) is 65.7 Å². The average Bonchev–Trinajstić information content (AvgIpc) is 2.98. The summed E-state index contributed by atoms with van der Waals surface area (Å²) in [6.07, 6.45) is 7.17. The van der Waals surface area contributed by atoms with Gasteiger partial charge in [0.05, 0.1) is 18.2 Å². The number of hydrogen-bond acceptors (Lipinski definition) is 3. The maximum Gasteiger partial charge on any atom is 0.225 e. The molecule has 25 heavy (non-hydrogen) atoms. The molecule has 5 nitrogen and oxygen atoms in total. The maximum atomic E-state index is 12.8. The van der Waals surface area contributed by atoms with Gasteiger partial charge >= 0.3 is 0 Å². The number of carbonyl (C=O) groups excluding carboxylic acids is 2. The molecule has 1 saturated carbocycles. The summed E-state index contributed by atoms with van der Waals surface area (Å²) in [6.45, 7) is 8.32. The molecule has 1 N–H and O–H groups in total. The zero-order valence-electron chi connectivity index (χ0n) is 16.1. The second-order valence-corrected chi connectivity index (χ2v) is 8.84. The molecule has 0 radical (unpaired) electrons. The third-order valence-corrected chi connectivity index (χ3v) is 6.43. The predicted molar refractivity (Wildman–Crippen MR) is 97.0 cm³/mol. The second-order valence-electron chi connectivity index (χ2n) is 8.84. The summed E-state index contributed by atoms with van der Waals surface area (Å²) in [5.74, 6) is 1.50. The van der Waals surface area contributed by atoms with Crippen molar-refractivity contribution in [3.63, 3.8) is 0 Å². The van der Waals surface area contributed by atoms with Gasteiger partial charge in [-0.15, -0.1) is 0 Å². The van der Waals surface area contributed by atoms with Gasteiger partial charge in [-0.05, 0) is 50.9 Å². The number of piperidine rings is 1. The Morgan fingerprint density at radius 3 is 2.36 bits per heavy atom. The molecule has 142 valence electrons. The van der Waals surface area contributed by atoms with E-state index in [4.69, 9.17) is 4.74 Å². The van der Waals surface area contributed by atoms with Crippen LogP contribution >= 0.6 is 0 Å². The molecular formula is C20H34N2O3. The lowest BCUT2D eigenvalue weighted by Crippen LogP contribution is -2.49. The first-order valence-corrected chi connectivity index (χ1v) is 10.1.